The fourth-order valence-corrected chi connectivity index (χ4v) is 7.18. The SMILES string of the molecule is CCOc1ccc(Cc2csc(N3CCC(S(=O)(=O)c4cc(Cl)cc(Cl)c4)CC3)n2)cc1. The molecule has 9 heteroatoms. The number of rotatable bonds is 7. The number of anilines is 1. The predicted molar refractivity (Wildman–Crippen MR) is 131 cm³/mol. The zero-order chi connectivity index (χ0) is 22.7. The molecule has 32 heavy (non-hydrogen) atoms. The van der Waals surface area contributed by atoms with E-state index in [4.69, 9.17) is 32.9 Å². The van der Waals surface area contributed by atoms with Crippen molar-refractivity contribution in [3.8, 4) is 5.75 Å². The number of halogens is 2. The molecule has 1 fully saturated rings. The Morgan fingerprint density at radius 1 is 1.09 bits per heavy atom. The predicted octanol–water partition coefficient (Wildman–Crippen LogP) is 5.88. The summed E-state index contributed by atoms with van der Waals surface area (Å²) in [5.41, 5.74) is 2.19. The Morgan fingerprint density at radius 2 is 1.75 bits per heavy atom. The summed E-state index contributed by atoms with van der Waals surface area (Å²) >= 11 is 13.6. The third kappa shape index (κ3) is 5.39. The van der Waals surface area contributed by atoms with Gasteiger partial charge in [0.25, 0.3) is 0 Å². The van der Waals surface area contributed by atoms with Crippen LogP contribution in [0, 0.1) is 0 Å². The molecule has 0 saturated carbocycles. The van der Waals surface area contributed by atoms with Crippen LogP contribution in [-0.4, -0.2) is 38.3 Å². The summed E-state index contributed by atoms with van der Waals surface area (Å²) in [5.74, 6) is 0.869. The van der Waals surface area contributed by atoms with E-state index in [9.17, 15) is 8.42 Å². The summed E-state index contributed by atoms with van der Waals surface area (Å²) < 4.78 is 31.6. The smallest absolute Gasteiger partial charge is 0.185 e. The van der Waals surface area contributed by atoms with Crippen molar-refractivity contribution < 1.29 is 13.2 Å². The third-order valence-corrected chi connectivity index (χ3v) is 9.10. The number of ether oxygens (including phenoxy) is 1. The van der Waals surface area contributed by atoms with Gasteiger partial charge in [0.05, 0.1) is 22.4 Å². The highest BCUT2D eigenvalue weighted by atomic mass is 35.5. The molecular formula is C23H24Cl2N2O3S2. The zero-order valence-electron chi connectivity index (χ0n) is 17.6. The molecule has 4 rings (SSSR count). The number of sulfone groups is 1. The van der Waals surface area contributed by atoms with Crippen LogP contribution in [0.4, 0.5) is 5.13 Å². The van der Waals surface area contributed by atoms with Gasteiger partial charge in [-0.25, -0.2) is 13.4 Å². The Morgan fingerprint density at radius 3 is 2.38 bits per heavy atom. The summed E-state index contributed by atoms with van der Waals surface area (Å²) in [6.07, 6.45) is 1.84. The van der Waals surface area contributed by atoms with Crippen LogP contribution < -0.4 is 9.64 Å². The topological polar surface area (TPSA) is 59.5 Å². The highest BCUT2D eigenvalue weighted by molar-refractivity contribution is 7.92. The molecule has 1 aromatic heterocycles. The van der Waals surface area contributed by atoms with Crippen molar-refractivity contribution in [2.24, 2.45) is 0 Å². The number of hydrogen-bond donors (Lipinski definition) is 0. The van der Waals surface area contributed by atoms with E-state index in [-0.39, 0.29) is 4.90 Å². The number of nitrogens with zero attached hydrogens (tertiary/aromatic N) is 2. The first-order chi connectivity index (χ1) is 15.3. The van der Waals surface area contributed by atoms with E-state index in [0.29, 0.717) is 42.6 Å². The second-order valence-electron chi connectivity index (χ2n) is 7.71. The average Bonchev–Trinajstić information content (AvgIpc) is 3.23. The van der Waals surface area contributed by atoms with Crippen LogP contribution >= 0.6 is 34.5 Å². The van der Waals surface area contributed by atoms with Crippen molar-refractivity contribution in [3.05, 3.63) is 69.1 Å². The Hall–Kier alpha value is -1.80. The molecule has 170 valence electrons. The summed E-state index contributed by atoms with van der Waals surface area (Å²) in [6, 6.07) is 12.6. The first-order valence-electron chi connectivity index (χ1n) is 10.5. The molecular weight excluding hydrogens is 487 g/mol. The van der Waals surface area contributed by atoms with E-state index in [2.05, 4.69) is 22.4 Å². The van der Waals surface area contributed by atoms with Crippen molar-refractivity contribution in [3.63, 3.8) is 0 Å². The second-order valence-corrected chi connectivity index (χ2v) is 11.6. The summed E-state index contributed by atoms with van der Waals surface area (Å²) in [6.45, 7) is 3.91. The quantitative estimate of drug-likeness (QED) is 0.397. The molecule has 2 aromatic carbocycles. The molecule has 3 aromatic rings. The van der Waals surface area contributed by atoms with Crippen molar-refractivity contribution in [1.82, 2.24) is 4.98 Å². The molecule has 0 aliphatic carbocycles. The van der Waals surface area contributed by atoms with E-state index < -0.39 is 15.1 Å². The Kier molecular flexibility index (Phi) is 7.30. The van der Waals surface area contributed by atoms with Crippen LogP contribution in [0.5, 0.6) is 5.75 Å². The van der Waals surface area contributed by atoms with Crippen LogP contribution in [0.25, 0.3) is 0 Å². The molecule has 1 aliphatic rings. The van der Waals surface area contributed by atoms with Gasteiger partial charge in [-0.1, -0.05) is 35.3 Å². The summed E-state index contributed by atoms with van der Waals surface area (Å²) in [7, 11) is -3.48. The van der Waals surface area contributed by atoms with E-state index in [1.165, 1.54) is 23.8 Å². The number of piperidine rings is 1. The van der Waals surface area contributed by atoms with Gasteiger partial charge in [-0.2, -0.15) is 0 Å². The van der Waals surface area contributed by atoms with Gasteiger partial charge < -0.3 is 9.64 Å². The van der Waals surface area contributed by atoms with Gasteiger partial charge in [-0.15, -0.1) is 11.3 Å². The fraction of sp³-hybridized carbons (Fsp3) is 0.348. The summed E-state index contributed by atoms with van der Waals surface area (Å²) in [4.78, 5) is 7.15. The first-order valence-corrected chi connectivity index (χ1v) is 13.6. The molecule has 0 N–H and O–H groups in total. The van der Waals surface area contributed by atoms with Gasteiger partial charge >= 0.3 is 0 Å². The Balaban J connectivity index is 1.38. The lowest BCUT2D eigenvalue weighted by molar-refractivity contribution is 0.340. The maximum absolute atomic E-state index is 13.0. The molecule has 0 atom stereocenters. The number of thiazole rings is 1. The first kappa shape index (κ1) is 23.4. The normalized spacial score (nSPS) is 15.2. The van der Waals surface area contributed by atoms with Crippen LogP contribution in [-0.2, 0) is 16.3 Å². The lowest BCUT2D eigenvalue weighted by Crippen LogP contribution is -2.39. The minimum absolute atomic E-state index is 0.195. The van der Waals surface area contributed by atoms with E-state index in [0.717, 1.165) is 23.0 Å². The van der Waals surface area contributed by atoms with Gasteiger partial charge in [-0.3, -0.25) is 0 Å². The molecule has 5 nitrogen and oxygen atoms in total. The number of hydrogen-bond acceptors (Lipinski definition) is 6. The van der Waals surface area contributed by atoms with Crippen molar-refractivity contribution in [2.75, 3.05) is 24.6 Å². The molecule has 0 radical (unpaired) electrons. The molecule has 1 saturated heterocycles. The van der Waals surface area contributed by atoms with Gasteiger partial charge in [-0.05, 0) is 55.7 Å². The van der Waals surface area contributed by atoms with Gasteiger partial charge in [0.2, 0.25) is 0 Å². The lowest BCUT2D eigenvalue weighted by atomic mass is 10.1. The number of benzene rings is 2. The highest BCUT2D eigenvalue weighted by Crippen LogP contribution is 2.31. The van der Waals surface area contributed by atoms with Crippen LogP contribution in [0.15, 0.2) is 52.7 Å². The average molecular weight is 511 g/mol. The van der Waals surface area contributed by atoms with Crippen molar-refractivity contribution >= 4 is 49.5 Å². The monoisotopic (exact) mass is 510 g/mol. The largest absolute Gasteiger partial charge is 0.494 e. The fourth-order valence-electron chi connectivity index (χ4n) is 3.84. The van der Waals surface area contributed by atoms with Crippen LogP contribution in [0.1, 0.15) is 31.0 Å². The molecule has 0 bridgehead atoms. The maximum Gasteiger partial charge on any atom is 0.185 e. The van der Waals surface area contributed by atoms with Gasteiger partial charge in [0.15, 0.2) is 15.0 Å². The molecule has 2 heterocycles. The minimum Gasteiger partial charge on any atom is -0.494 e. The van der Waals surface area contributed by atoms with Crippen molar-refractivity contribution in [1.29, 1.82) is 0 Å². The maximum atomic E-state index is 13.0. The minimum atomic E-state index is -3.48. The standard InChI is InChI=1S/C23H24Cl2N2O3S2/c1-2-30-20-5-3-16(4-6-20)11-19-15-31-23(26-19)27-9-7-21(8-10-27)32(28,29)22-13-17(24)12-18(25)14-22/h3-6,12-15,21H,2,7-11H2,1H3. The molecule has 0 unspecified atom stereocenters. The molecule has 1 aliphatic heterocycles. The zero-order valence-corrected chi connectivity index (χ0v) is 20.8. The van der Waals surface area contributed by atoms with Crippen molar-refractivity contribution in [2.45, 2.75) is 36.3 Å². The number of aromatic nitrogens is 1. The van der Waals surface area contributed by atoms with Gasteiger partial charge in [0.1, 0.15) is 5.75 Å². The van der Waals surface area contributed by atoms with E-state index in [1.54, 1.807) is 11.3 Å². The van der Waals surface area contributed by atoms with Crippen LogP contribution in [0.3, 0.4) is 0 Å². The Bertz CT molecular complexity index is 1150. The van der Waals surface area contributed by atoms with Crippen LogP contribution in [0.2, 0.25) is 10.0 Å². The van der Waals surface area contributed by atoms with E-state index in [1.807, 2.05) is 19.1 Å². The molecule has 0 amide bonds. The van der Waals surface area contributed by atoms with E-state index >= 15 is 0 Å². The molecule has 0 spiro atoms. The lowest BCUT2D eigenvalue weighted by Gasteiger charge is -2.31. The van der Waals surface area contributed by atoms with Gasteiger partial charge in [0, 0.05) is 34.9 Å². The second kappa shape index (κ2) is 10.00. The summed E-state index contributed by atoms with van der Waals surface area (Å²) in [5, 5.41) is 3.22. The third-order valence-electron chi connectivity index (χ3n) is 5.48. The Labute approximate surface area is 202 Å². The highest BCUT2D eigenvalue weighted by Gasteiger charge is 2.32.